The Morgan fingerprint density at radius 3 is 2.57 bits per heavy atom. The van der Waals surface area contributed by atoms with Gasteiger partial charge in [-0.3, -0.25) is 4.79 Å². The standard InChI is InChI=1S/C19H24N2O6S/c1-13-4-3-5-14(2)18(13)26-9-10-27-19(23)16-6-7-17(22)21(20-16)15-8-11-28(24,25)12-15/h3-5,15H,6-12H2,1-2H3. The van der Waals surface area contributed by atoms with Crippen LogP contribution in [0.4, 0.5) is 0 Å². The van der Waals surface area contributed by atoms with Gasteiger partial charge < -0.3 is 9.47 Å². The Balaban J connectivity index is 1.55. The van der Waals surface area contributed by atoms with Crippen molar-refractivity contribution < 1.29 is 27.5 Å². The maximum Gasteiger partial charge on any atom is 0.354 e. The molecule has 8 nitrogen and oxygen atoms in total. The molecule has 2 aliphatic heterocycles. The number of sulfone groups is 1. The van der Waals surface area contributed by atoms with Crippen LogP contribution in [-0.2, 0) is 24.2 Å². The van der Waals surface area contributed by atoms with E-state index >= 15 is 0 Å². The van der Waals surface area contributed by atoms with Gasteiger partial charge in [0.25, 0.3) is 0 Å². The van der Waals surface area contributed by atoms with E-state index in [2.05, 4.69) is 5.10 Å². The maximum absolute atomic E-state index is 12.3. The maximum atomic E-state index is 12.3. The summed E-state index contributed by atoms with van der Waals surface area (Å²) in [4.78, 5) is 24.4. The third-order valence-electron chi connectivity index (χ3n) is 4.82. The summed E-state index contributed by atoms with van der Waals surface area (Å²) in [7, 11) is -3.15. The number of ether oxygens (including phenoxy) is 2. The molecule has 0 N–H and O–H groups in total. The van der Waals surface area contributed by atoms with Crippen molar-refractivity contribution in [3.8, 4) is 5.75 Å². The number of benzene rings is 1. The SMILES string of the molecule is Cc1cccc(C)c1OCCOC(=O)C1=NN(C2CCS(=O)(=O)C2)C(=O)CC1. The zero-order chi connectivity index (χ0) is 20.3. The van der Waals surface area contributed by atoms with Crippen molar-refractivity contribution in [2.24, 2.45) is 5.10 Å². The lowest BCUT2D eigenvalue weighted by Gasteiger charge is -2.27. The van der Waals surface area contributed by atoms with Crippen LogP contribution in [0.1, 0.15) is 30.4 Å². The Morgan fingerprint density at radius 2 is 1.93 bits per heavy atom. The fourth-order valence-electron chi connectivity index (χ4n) is 3.36. The lowest BCUT2D eigenvalue weighted by molar-refractivity contribution is -0.137. The third-order valence-corrected chi connectivity index (χ3v) is 6.57. The summed E-state index contributed by atoms with van der Waals surface area (Å²) in [5, 5.41) is 5.25. The predicted molar refractivity (Wildman–Crippen MR) is 103 cm³/mol. The molecule has 3 rings (SSSR count). The Bertz CT molecular complexity index is 889. The minimum atomic E-state index is -3.15. The predicted octanol–water partition coefficient (Wildman–Crippen LogP) is 1.39. The van der Waals surface area contributed by atoms with Crippen molar-refractivity contribution in [3.63, 3.8) is 0 Å². The van der Waals surface area contributed by atoms with Crippen molar-refractivity contribution >= 4 is 27.4 Å². The molecule has 9 heteroatoms. The summed E-state index contributed by atoms with van der Waals surface area (Å²) >= 11 is 0. The number of hydrogen-bond donors (Lipinski definition) is 0. The smallest absolute Gasteiger partial charge is 0.354 e. The normalized spacial score (nSPS) is 21.4. The summed E-state index contributed by atoms with van der Waals surface area (Å²) in [6.45, 7) is 4.14. The summed E-state index contributed by atoms with van der Waals surface area (Å²) in [5.74, 6) is -0.186. The molecule has 1 fully saturated rings. The topological polar surface area (TPSA) is 102 Å². The summed E-state index contributed by atoms with van der Waals surface area (Å²) in [5.41, 5.74) is 2.14. The molecule has 0 radical (unpaired) electrons. The van der Waals surface area contributed by atoms with E-state index in [4.69, 9.17) is 9.47 Å². The van der Waals surface area contributed by atoms with Gasteiger partial charge in [-0.1, -0.05) is 18.2 Å². The van der Waals surface area contributed by atoms with Gasteiger partial charge in [-0.2, -0.15) is 5.10 Å². The van der Waals surface area contributed by atoms with Crippen LogP contribution in [0.2, 0.25) is 0 Å². The van der Waals surface area contributed by atoms with E-state index < -0.39 is 21.8 Å². The molecular formula is C19H24N2O6S. The van der Waals surface area contributed by atoms with E-state index in [1.165, 1.54) is 0 Å². The Labute approximate surface area is 164 Å². The monoisotopic (exact) mass is 408 g/mol. The van der Waals surface area contributed by atoms with Crippen molar-refractivity contribution in [2.75, 3.05) is 24.7 Å². The summed E-state index contributed by atoms with van der Waals surface area (Å²) < 4.78 is 34.2. The third kappa shape index (κ3) is 4.70. The van der Waals surface area contributed by atoms with Crippen LogP contribution in [0, 0.1) is 13.8 Å². The highest BCUT2D eigenvalue weighted by atomic mass is 32.2. The van der Waals surface area contributed by atoms with Crippen molar-refractivity contribution in [3.05, 3.63) is 29.3 Å². The second kappa shape index (κ2) is 8.30. The van der Waals surface area contributed by atoms with E-state index in [1.807, 2.05) is 32.0 Å². The second-order valence-corrected chi connectivity index (χ2v) is 9.28. The molecule has 1 saturated heterocycles. The molecule has 1 aromatic rings. The van der Waals surface area contributed by atoms with Crippen LogP contribution in [0.5, 0.6) is 5.75 Å². The van der Waals surface area contributed by atoms with Crippen LogP contribution in [0.3, 0.4) is 0 Å². The first-order valence-electron chi connectivity index (χ1n) is 9.23. The first kappa shape index (κ1) is 20.3. The van der Waals surface area contributed by atoms with Crippen molar-refractivity contribution in [2.45, 2.75) is 39.2 Å². The zero-order valence-electron chi connectivity index (χ0n) is 16.0. The molecule has 0 aliphatic carbocycles. The molecule has 0 bridgehead atoms. The molecule has 1 unspecified atom stereocenters. The molecular weight excluding hydrogens is 384 g/mol. The van der Waals surface area contributed by atoms with Gasteiger partial charge in [-0.15, -0.1) is 0 Å². The number of rotatable bonds is 6. The molecule has 1 atom stereocenters. The quantitative estimate of drug-likeness (QED) is 0.521. The molecule has 1 amide bonds. The minimum Gasteiger partial charge on any atom is -0.489 e. The number of para-hydroxylation sites is 1. The molecule has 2 heterocycles. The fourth-order valence-corrected chi connectivity index (χ4v) is 5.05. The number of hydrazone groups is 1. The van der Waals surface area contributed by atoms with E-state index in [9.17, 15) is 18.0 Å². The van der Waals surface area contributed by atoms with Crippen molar-refractivity contribution in [1.29, 1.82) is 0 Å². The number of carbonyl (C=O) groups excluding carboxylic acids is 2. The van der Waals surface area contributed by atoms with Gasteiger partial charge in [0.2, 0.25) is 5.91 Å². The molecule has 0 spiro atoms. The number of esters is 1. The summed E-state index contributed by atoms with van der Waals surface area (Å²) in [6, 6.07) is 5.33. The van der Waals surface area contributed by atoms with E-state index in [0.29, 0.717) is 6.42 Å². The lowest BCUT2D eigenvalue weighted by atomic mass is 10.1. The van der Waals surface area contributed by atoms with Crippen LogP contribution in [-0.4, -0.2) is 61.8 Å². The largest absolute Gasteiger partial charge is 0.489 e. The van der Waals surface area contributed by atoms with Crippen LogP contribution in [0.15, 0.2) is 23.3 Å². The fraction of sp³-hybridized carbons (Fsp3) is 0.526. The average molecular weight is 408 g/mol. The van der Waals surface area contributed by atoms with Gasteiger partial charge in [0.05, 0.1) is 17.5 Å². The van der Waals surface area contributed by atoms with E-state index in [1.54, 1.807) is 0 Å². The van der Waals surface area contributed by atoms with Crippen LogP contribution >= 0.6 is 0 Å². The van der Waals surface area contributed by atoms with Gasteiger partial charge in [0.1, 0.15) is 24.7 Å². The second-order valence-electron chi connectivity index (χ2n) is 7.05. The molecule has 1 aromatic carbocycles. The molecule has 2 aliphatic rings. The number of amides is 1. The Hall–Kier alpha value is -2.42. The zero-order valence-corrected chi connectivity index (χ0v) is 16.8. The molecule has 28 heavy (non-hydrogen) atoms. The Morgan fingerprint density at radius 1 is 1.21 bits per heavy atom. The minimum absolute atomic E-state index is 0.0341. The first-order chi connectivity index (χ1) is 13.3. The molecule has 0 aromatic heterocycles. The number of aryl methyl sites for hydroxylation is 2. The van der Waals surface area contributed by atoms with E-state index in [0.717, 1.165) is 21.9 Å². The van der Waals surface area contributed by atoms with Crippen molar-refractivity contribution in [1.82, 2.24) is 5.01 Å². The molecule has 0 saturated carbocycles. The van der Waals surface area contributed by atoms with Crippen LogP contribution < -0.4 is 4.74 Å². The van der Waals surface area contributed by atoms with Gasteiger partial charge in [-0.05, 0) is 31.4 Å². The van der Waals surface area contributed by atoms with Crippen LogP contribution in [0.25, 0.3) is 0 Å². The first-order valence-corrected chi connectivity index (χ1v) is 11.0. The van der Waals surface area contributed by atoms with Gasteiger partial charge in [-0.25, -0.2) is 18.2 Å². The van der Waals surface area contributed by atoms with Gasteiger partial charge >= 0.3 is 5.97 Å². The average Bonchev–Trinajstić information content (AvgIpc) is 3.00. The number of carbonyl (C=O) groups is 2. The highest BCUT2D eigenvalue weighted by molar-refractivity contribution is 7.91. The molecule has 152 valence electrons. The highest BCUT2D eigenvalue weighted by Crippen LogP contribution is 2.23. The lowest BCUT2D eigenvalue weighted by Crippen LogP contribution is -2.42. The Kier molecular flexibility index (Phi) is 6.02. The van der Waals surface area contributed by atoms with E-state index in [-0.39, 0.29) is 49.2 Å². The number of hydrogen-bond acceptors (Lipinski definition) is 7. The number of nitrogens with zero attached hydrogens (tertiary/aromatic N) is 2. The summed E-state index contributed by atoms with van der Waals surface area (Å²) in [6.07, 6.45) is 0.637. The van der Waals surface area contributed by atoms with Gasteiger partial charge in [0, 0.05) is 12.8 Å². The van der Waals surface area contributed by atoms with Gasteiger partial charge in [0.15, 0.2) is 9.84 Å². The highest BCUT2D eigenvalue weighted by Gasteiger charge is 2.37.